The Morgan fingerprint density at radius 2 is 1.42 bits per heavy atom. The van der Waals surface area contributed by atoms with Crippen LogP contribution in [0.15, 0.2) is 53.5 Å². The van der Waals surface area contributed by atoms with Crippen molar-refractivity contribution >= 4 is 6.40 Å². The maximum atomic E-state index is 6.22. The normalized spacial score (nSPS) is 18.5. The number of aliphatic imine (C=N–C) groups is 1. The van der Waals surface area contributed by atoms with Crippen molar-refractivity contribution in [3.63, 3.8) is 0 Å². The van der Waals surface area contributed by atoms with Crippen molar-refractivity contribution in [2.24, 2.45) is 10.9 Å². The molecule has 1 atom stereocenters. The summed E-state index contributed by atoms with van der Waals surface area (Å²) < 4.78 is 17.5. The fourth-order valence-electron chi connectivity index (χ4n) is 3.49. The van der Waals surface area contributed by atoms with E-state index in [9.17, 15) is 0 Å². The Balaban J connectivity index is 2.31. The highest BCUT2D eigenvalue weighted by atomic mass is 16.5. The third-order valence-electron chi connectivity index (χ3n) is 4.52. The van der Waals surface area contributed by atoms with Crippen LogP contribution in [0, 0.1) is 5.92 Å². The number of para-hydroxylation sites is 2. The molecule has 2 aromatic carbocycles. The van der Waals surface area contributed by atoms with Crippen molar-refractivity contribution in [1.82, 2.24) is 0 Å². The van der Waals surface area contributed by atoms with Gasteiger partial charge in [0.1, 0.15) is 17.5 Å². The molecule has 1 aliphatic rings. The van der Waals surface area contributed by atoms with E-state index < -0.39 is 5.60 Å². The van der Waals surface area contributed by atoms with Gasteiger partial charge >= 0.3 is 0 Å². The van der Waals surface area contributed by atoms with Gasteiger partial charge in [-0.1, -0.05) is 50.2 Å². The van der Waals surface area contributed by atoms with Crippen molar-refractivity contribution in [3.8, 4) is 11.5 Å². The topological polar surface area (TPSA) is 40.0 Å². The number of hydrogen-bond donors (Lipinski definition) is 0. The van der Waals surface area contributed by atoms with E-state index in [1.807, 2.05) is 48.5 Å². The van der Waals surface area contributed by atoms with Crippen LogP contribution in [-0.2, 0) is 10.3 Å². The van der Waals surface area contributed by atoms with E-state index in [4.69, 9.17) is 14.2 Å². The first kappa shape index (κ1) is 16.4. The van der Waals surface area contributed by atoms with Gasteiger partial charge in [-0.3, -0.25) is 0 Å². The second-order valence-corrected chi connectivity index (χ2v) is 6.20. The lowest BCUT2D eigenvalue weighted by molar-refractivity contribution is 0.0809. The minimum atomic E-state index is -0.770. The lowest BCUT2D eigenvalue weighted by atomic mass is 9.75. The molecule has 0 spiro atoms. The average Bonchev–Trinajstić information content (AvgIpc) is 3.07. The lowest BCUT2D eigenvalue weighted by Crippen LogP contribution is -2.41. The molecule has 24 heavy (non-hydrogen) atoms. The number of rotatable bonds is 5. The largest absolute Gasteiger partial charge is 0.496 e. The van der Waals surface area contributed by atoms with E-state index in [0.29, 0.717) is 0 Å². The van der Waals surface area contributed by atoms with Crippen LogP contribution in [0.2, 0.25) is 0 Å². The standard InChI is InChI=1S/C20H23NO3/c1-14(2)19-20(24-13-21-19,15-9-5-7-11-17(15)22-3)16-10-6-8-12-18(16)23-4/h5-14,19H,1-4H3. The third kappa shape index (κ3) is 2.42. The Kier molecular flexibility index (Phi) is 4.47. The fourth-order valence-corrected chi connectivity index (χ4v) is 3.49. The van der Waals surface area contributed by atoms with Gasteiger partial charge < -0.3 is 14.2 Å². The Morgan fingerprint density at radius 3 is 1.88 bits per heavy atom. The van der Waals surface area contributed by atoms with Gasteiger partial charge in [-0.05, 0) is 18.1 Å². The van der Waals surface area contributed by atoms with Gasteiger partial charge in [0.2, 0.25) is 0 Å². The van der Waals surface area contributed by atoms with Crippen LogP contribution in [0.1, 0.15) is 25.0 Å². The molecule has 1 unspecified atom stereocenters. The molecule has 4 nitrogen and oxygen atoms in total. The zero-order chi connectivity index (χ0) is 17.2. The summed E-state index contributed by atoms with van der Waals surface area (Å²) in [6.07, 6.45) is 1.56. The quantitative estimate of drug-likeness (QED) is 0.833. The van der Waals surface area contributed by atoms with E-state index in [2.05, 4.69) is 18.8 Å². The first-order chi connectivity index (χ1) is 11.6. The highest BCUT2D eigenvalue weighted by molar-refractivity contribution is 5.61. The number of methoxy groups -OCH3 is 2. The van der Waals surface area contributed by atoms with Gasteiger partial charge in [0.25, 0.3) is 0 Å². The van der Waals surface area contributed by atoms with Crippen LogP contribution in [-0.4, -0.2) is 26.7 Å². The number of benzene rings is 2. The summed E-state index contributed by atoms with van der Waals surface area (Å²) in [5.74, 6) is 1.83. The molecule has 2 aromatic rings. The van der Waals surface area contributed by atoms with Crippen molar-refractivity contribution < 1.29 is 14.2 Å². The Labute approximate surface area is 143 Å². The molecule has 3 rings (SSSR count). The van der Waals surface area contributed by atoms with Crippen LogP contribution < -0.4 is 9.47 Å². The molecule has 4 heteroatoms. The number of hydrogen-bond acceptors (Lipinski definition) is 4. The van der Waals surface area contributed by atoms with E-state index in [0.717, 1.165) is 22.6 Å². The average molecular weight is 325 g/mol. The van der Waals surface area contributed by atoms with E-state index in [1.165, 1.54) is 0 Å². The third-order valence-corrected chi connectivity index (χ3v) is 4.52. The van der Waals surface area contributed by atoms with Crippen molar-refractivity contribution in [2.45, 2.75) is 25.5 Å². The van der Waals surface area contributed by atoms with Gasteiger partial charge in [0.05, 0.1) is 14.2 Å². The van der Waals surface area contributed by atoms with Crippen LogP contribution in [0.5, 0.6) is 11.5 Å². The summed E-state index contributed by atoms with van der Waals surface area (Å²) >= 11 is 0. The second kappa shape index (κ2) is 6.56. The molecule has 1 aliphatic heterocycles. The highest BCUT2D eigenvalue weighted by Crippen LogP contribution is 2.49. The van der Waals surface area contributed by atoms with Crippen LogP contribution >= 0.6 is 0 Å². The summed E-state index contributed by atoms with van der Waals surface area (Å²) in [6.45, 7) is 4.30. The van der Waals surface area contributed by atoms with Crippen LogP contribution in [0.25, 0.3) is 0 Å². The number of ether oxygens (including phenoxy) is 3. The predicted octanol–water partition coefficient (Wildman–Crippen LogP) is 4.03. The molecule has 1 heterocycles. The Hall–Kier alpha value is -2.49. The first-order valence-corrected chi connectivity index (χ1v) is 8.11. The van der Waals surface area contributed by atoms with Crippen LogP contribution in [0.3, 0.4) is 0 Å². The zero-order valence-electron chi connectivity index (χ0n) is 14.5. The number of nitrogens with zero attached hydrogens (tertiary/aromatic N) is 1. The van der Waals surface area contributed by atoms with E-state index >= 15 is 0 Å². The molecular formula is C20H23NO3. The van der Waals surface area contributed by atoms with E-state index in [-0.39, 0.29) is 12.0 Å². The molecule has 0 N–H and O–H groups in total. The summed E-state index contributed by atoms with van der Waals surface area (Å²) in [5.41, 5.74) is 1.13. The van der Waals surface area contributed by atoms with Gasteiger partial charge in [-0.15, -0.1) is 0 Å². The molecule has 0 saturated heterocycles. The molecule has 0 bridgehead atoms. The molecule has 0 aliphatic carbocycles. The highest BCUT2D eigenvalue weighted by Gasteiger charge is 2.51. The minimum absolute atomic E-state index is 0.0786. The monoisotopic (exact) mass is 325 g/mol. The van der Waals surface area contributed by atoms with Gasteiger partial charge in [-0.25, -0.2) is 4.99 Å². The maximum absolute atomic E-state index is 6.22. The minimum Gasteiger partial charge on any atom is -0.496 e. The smallest absolute Gasteiger partial charge is 0.190 e. The van der Waals surface area contributed by atoms with Gasteiger partial charge in [-0.2, -0.15) is 0 Å². The Bertz CT molecular complexity index is 692. The molecular weight excluding hydrogens is 302 g/mol. The van der Waals surface area contributed by atoms with E-state index in [1.54, 1.807) is 20.6 Å². The second-order valence-electron chi connectivity index (χ2n) is 6.20. The molecule has 126 valence electrons. The summed E-state index contributed by atoms with van der Waals surface area (Å²) in [5, 5.41) is 0. The summed E-state index contributed by atoms with van der Waals surface area (Å²) in [4.78, 5) is 4.63. The predicted molar refractivity (Wildman–Crippen MR) is 95.0 cm³/mol. The van der Waals surface area contributed by atoms with Crippen molar-refractivity contribution in [2.75, 3.05) is 14.2 Å². The SMILES string of the molecule is COc1ccccc1C1(c2ccccc2OC)OC=NC1C(C)C. The molecule has 0 amide bonds. The van der Waals surface area contributed by atoms with Crippen molar-refractivity contribution in [1.29, 1.82) is 0 Å². The molecule has 0 aromatic heterocycles. The zero-order valence-corrected chi connectivity index (χ0v) is 14.5. The van der Waals surface area contributed by atoms with Crippen LogP contribution in [0.4, 0.5) is 0 Å². The summed E-state index contributed by atoms with van der Waals surface area (Å²) in [7, 11) is 3.35. The Morgan fingerprint density at radius 1 is 0.917 bits per heavy atom. The van der Waals surface area contributed by atoms with Gasteiger partial charge in [0.15, 0.2) is 12.0 Å². The van der Waals surface area contributed by atoms with Crippen molar-refractivity contribution in [3.05, 3.63) is 59.7 Å². The summed E-state index contributed by atoms with van der Waals surface area (Å²) in [6, 6.07) is 15.8. The maximum Gasteiger partial charge on any atom is 0.190 e. The molecule has 0 radical (unpaired) electrons. The fraction of sp³-hybridized carbons (Fsp3) is 0.350. The first-order valence-electron chi connectivity index (χ1n) is 8.11. The van der Waals surface area contributed by atoms with Gasteiger partial charge in [0, 0.05) is 11.1 Å². The molecule has 0 fully saturated rings. The lowest BCUT2D eigenvalue weighted by Gasteiger charge is -2.37. The molecule has 0 saturated carbocycles.